The van der Waals surface area contributed by atoms with Crippen LogP contribution in [0.3, 0.4) is 0 Å². The van der Waals surface area contributed by atoms with Crippen molar-refractivity contribution in [1.82, 2.24) is 14.9 Å². The quantitative estimate of drug-likeness (QED) is 0.890. The number of rotatable bonds is 5. The number of hydrogen-bond acceptors (Lipinski definition) is 4. The van der Waals surface area contributed by atoms with E-state index in [1.807, 2.05) is 12.3 Å². The molecule has 0 spiro atoms. The van der Waals surface area contributed by atoms with Crippen LogP contribution in [0.5, 0.6) is 0 Å². The van der Waals surface area contributed by atoms with Crippen molar-refractivity contribution in [2.75, 3.05) is 6.54 Å². The Morgan fingerprint density at radius 1 is 1.57 bits per heavy atom. The fraction of sp³-hybridized carbons (Fsp3) is 0.467. The highest BCUT2D eigenvalue weighted by molar-refractivity contribution is 7.14. The molecule has 0 aromatic carbocycles. The molecule has 5 nitrogen and oxygen atoms in total. The lowest BCUT2D eigenvalue weighted by molar-refractivity contribution is 0.0702. The summed E-state index contributed by atoms with van der Waals surface area (Å²) < 4.78 is 0. The van der Waals surface area contributed by atoms with E-state index in [-0.39, 0.29) is 0 Å². The Morgan fingerprint density at radius 2 is 2.43 bits per heavy atom. The van der Waals surface area contributed by atoms with Crippen molar-refractivity contribution in [3.05, 3.63) is 39.6 Å². The average Bonchev–Trinajstić information content (AvgIpc) is 3.18. The number of imidazole rings is 1. The lowest BCUT2D eigenvalue weighted by Crippen LogP contribution is -2.22. The molecule has 1 aliphatic rings. The summed E-state index contributed by atoms with van der Waals surface area (Å²) in [5.41, 5.74) is 1.16. The highest BCUT2D eigenvalue weighted by Gasteiger charge is 2.28. The Labute approximate surface area is 127 Å². The second-order valence-electron chi connectivity index (χ2n) is 5.34. The number of aromatic amines is 1. The third-order valence-corrected chi connectivity index (χ3v) is 5.12. The van der Waals surface area contributed by atoms with Crippen LogP contribution in [-0.2, 0) is 13.0 Å². The molecular formula is C15H19N3O2S. The number of aromatic carboxylic acids is 1. The number of H-pyrrole nitrogens is 1. The van der Waals surface area contributed by atoms with Crippen LogP contribution < -0.4 is 0 Å². The van der Waals surface area contributed by atoms with Gasteiger partial charge in [-0.1, -0.05) is 6.92 Å². The number of aromatic nitrogens is 2. The molecule has 0 aliphatic carbocycles. The second-order valence-corrected chi connectivity index (χ2v) is 6.46. The third kappa shape index (κ3) is 3.01. The summed E-state index contributed by atoms with van der Waals surface area (Å²) in [6.45, 7) is 3.94. The minimum absolute atomic E-state index is 0.318. The molecule has 1 unspecified atom stereocenters. The molecule has 0 radical (unpaired) electrons. The topological polar surface area (TPSA) is 69.2 Å². The molecule has 0 saturated carbocycles. The number of likely N-dealkylation sites (tertiary alicyclic amines) is 1. The normalized spacial score (nSPS) is 19.2. The lowest BCUT2D eigenvalue weighted by Gasteiger charge is -2.22. The number of carboxylic acids is 1. The van der Waals surface area contributed by atoms with E-state index in [1.165, 1.54) is 11.3 Å². The Hall–Kier alpha value is -1.66. The molecule has 21 heavy (non-hydrogen) atoms. The summed E-state index contributed by atoms with van der Waals surface area (Å²) in [6, 6.07) is 3.98. The average molecular weight is 305 g/mol. The second kappa shape index (κ2) is 5.99. The third-order valence-electron chi connectivity index (χ3n) is 3.94. The van der Waals surface area contributed by atoms with Crippen LogP contribution in [0.4, 0.5) is 0 Å². The van der Waals surface area contributed by atoms with E-state index >= 15 is 0 Å². The summed E-state index contributed by atoms with van der Waals surface area (Å²) in [6.07, 6.45) is 5.09. The van der Waals surface area contributed by atoms with Gasteiger partial charge in [0.15, 0.2) is 0 Å². The van der Waals surface area contributed by atoms with Crippen LogP contribution in [0.25, 0.3) is 0 Å². The van der Waals surface area contributed by atoms with E-state index in [0.29, 0.717) is 10.9 Å². The zero-order valence-corrected chi connectivity index (χ0v) is 12.8. The number of hydrogen-bond donors (Lipinski definition) is 2. The molecule has 2 aromatic rings. The van der Waals surface area contributed by atoms with Crippen LogP contribution in [-0.4, -0.2) is 32.5 Å². The minimum Gasteiger partial charge on any atom is -0.477 e. The maximum atomic E-state index is 11.0. The Bertz CT molecular complexity index is 634. The molecule has 2 N–H and O–H groups in total. The van der Waals surface area contributed by atoms with E-state index in [1.54, 1.807) is 6.07 Å². The van der Waals surface area contributed by atoms with Gasteiger partial charge in [-0.2, -0.15) is 0 Å². The largest absolute Gasteiger partial charge is 0.477 e. The lowest BCUT2D eigenvalue weighted by atomic mass is 10.2. The zero-order chi connectivity index (χ0) is 14.8. The van der Waals surface area contributed by atoms with Crippen molar-refractivity contribution in [2.24, 2.45) is 0 Å². The molecule has 1 fully saturated rings. The molecule has 1 saturated heterocycles. The number of aryl methyl sites for hydroxylation is 1. The first-order valence-electron chi connectivity index (χ1n) is 7.27. The van der Waals surface area contributed by atoms with Gasteiger partial charge in [-0.05, 0) is 37.9 Å². The number of carboxylic acid groups (broad SMARTS) is 1. The summed E-state index contributed by atoms with van der Waals surface area (Å²) in [4.78, 5) is 22.7. The molecule has 3 heterocycles. The van der Waals surface area contributed by atoms with E-state index < -0.39 is 5.97 Å². The number of nitrogens with zero attached hydrogens (tertiary/aromatic N) is 2. The molecular weight excluding hydrogens is 286 g/mol. The zero-order valence-electron chi connectivity index (χ0n) is 12.0. The molecule has 0 amide bonds. The maximum absolute atomic E-state index is 11.0. The molecule has 3 rings (SSSR count). The molecule has 1 aliphatic heterocycles. The summed E-state index contributed by atoms with van der Waals surface area (Å²) >= 11 is 1.39. The minimum atomic E-state index is -0.839. The van der Waals surface area contributed by atoms with Gasteiger partial charge >= 0.3 is 5.97 Å². The maximum Gasteiger partial charge on any atom is 0.345 e. The Kier molecular flexibility index (Phi) is 4.07. The van der Waals surface area contributed by atoms with Crippen LogP contribution in [0.2, 0.25) is 0 Å². The van der Waals surface area contributed by atoms with E-state index in [0.717, 1.165) is 48.7 Å². The van der Waals surface area contributed by atoms with Crippen molar-refractivity contribution < 1.29 is 9.90 Å². The van der Waals surface area contributed by atoms with Gasteiger partial charge in [0.05, 0.1) is 6.54 Å². The van der Waals surface area contributed by atoms with Gasteiger partial charge in [-0.15, -0.1) is 11.3 Å². The number of thiophene rings is 1. The Morgan fingerprint density at radius 3 is 3.10 bits per heavy atom. The van der Waals surface area contributed by atoms with Gasteiger partial charge in [0.25, 0.3) is 0 Å². The van der Waals surface area contributed by atoms with E-state index in [2.05, 4.69) is 21.8 Å². The first-order chi connectivity index (χ1) is 10.2. The van der Waals surface area contributed by atoms with E-state index in [4.69, 9.17) is 5.11 Å². The fourth-order valence-corrected chi connectivity index (χ4v) is 3.86. The summed E-state index contributed by atoms with van der Waals surface area (Å²) in [7, 11) is 0. The Balaban J connectivity index is 1.73. The molecule has 1 atom stereocenters. The number of carbonyl (C=O) groups is 1. The van der Waals surface area contributed by atoms with E-state index in [9.17, 15) is 4.79 Å². The van der Waals surface area contributed by atoms with Crippen molar-refractivity contribution in [1.29, 1.82) is 0 Å². The molecule has 6 heteroatoms. The number of nitrogens with one attached hydrogen (secondary N) is 1. The van der Waals surface area contributed by atoms with Crippen molar-refractivity contribution in [3.8, 4) is 0 Å². The van der Waals surface area contributed by atoms with Crippen LogP contribution in [0.1, 0.15) is 51.9 Å². The first-order valence-corrected chi connectivity index (χ1v) is 8.09. The van der Waals surface area contributed by atoms with Crippen molar-refractivity contribution >= 4 is 17.3 Å². The molecule has 112 valence electrons. The van der Waals surface area contributed by atoms with Gasteiger partial charge in [0.2, 0.25) is 0 Å². The van der Waals surface area contributed by atoms with Crippen molar-refractivity contribution in [3.63, 3.8) is 0 Å². The van der Waals surface area contributed by atoms with Crippen LogP contribution >= 0.6 is 11.3 Å². The van der Waals surface area contributed by atoms with Gasteiger partial charge in [-0.3, -0.25) is 4.90 Å². The predicted octanol–water partition coefficient (Wildman–Crippen LogP) is 3.07. The molecule has 2 aromatic heterocycles. The van der Waals surface area contributed by atoms with Gasteiger partial charge < -0.3 is 10.1 Å². The SMILES string of the molecule is CCc1cnc(CN2CCCC2c2ccc(C(=O)O)s2)[nH]1. The summed E-state index contributed by atoms with van der Waals surface area (Å²) in [5, 5.41) is 9.05. The predicted molar refractivity (Wildman–Crippen MR) is 81.6 cm³/mol. The fourth-order valence-electron chi connectivity index (χ4n) is 2.84. The monoisotopic (exact) mass is 305 g/mol. The van der Waals surface area contributed by atoms with Crippen LogP contribution in [0.15, 0.2) is 18.3 Å². The molecule has 0 bridgehead atoms. The smallest absolute Gasteiger partial charge is 0.345 e. The van der Waals surface area contributed by atoms with Gasteiger partial charge in [0.1, 0.15) is 10.7 Å². The first kappa shape index (κ1) is 14.3. The highest BCUT2D eigenvalue weighted by atomic mass is 32.1. The van der Waals surface area contributed by atoms with Crippen molar-refractivity contribution in [2.45, 2.75) is 38.8 Å². The van der Waals surface area contributed by atoms with Gasteiger partial charge in [0, 0.05) is 22.8 Å². The summed E-state index contributed by atoms with van der Waals surface area (Å²) in [5.74, 6) is 0.156. The van der Waals surface area contributed by atoms with Crippen LogP contribution in [0, 0.1) is 0 Å². The standard InChI is InChI=1S/C15H19N3O2S/c1-2-10-8-16-14(17-10)9-18-7-3-4-11(18)12-5-6-13(21-12)15(19)20/h5-6,8,11H,2-4,7,9H2,1H3,(H,16,17)(H,19,20). The highest BCUT2D eigenvalue weighted by Crippen LogP contribution is 2.36. The van der Waals surface area contributed by atoms with Gasteiger partial charge in [-0.25, -0.2) is 9.78 Å².